The highest BCUT2D eigenvalue weighted by Gasteiger charge is 2.21. The Bertz CT molecular complexity index is 735. The smallest absolute Gasteiger partial charge is 0.224 e. The van der Waals surface area contributed by atoms with Gasteiger partial charge in [-0.15, -0.1) is 0 Å². The zero-order valence-corrected chi connectivity index (χ0v) is 14.5. The van der Waals surface area contributed by atoms with Crippen LogP contribution in [0.15, 0.2) is 48.5 Å². The fourth-order valence-electron chi connectivity index (χ4n) is 3.17. The van der Waals surface area contributed by atoms with E-state index >= 15 is 0 Å². The summed E-state index contributed by atoms with van der Waals surface area (Å²) in [5.41, 5.74) is 1.95. The Morgan fingerprint density at radius 1 is 1.04 bits per heavy atom. The molecule has 4 nitrogen and oxygen atoms in total. The molecular weight excluding hydrogens is 319 g/mol. The van der Waals surface area contributed by atoms with E-state index in [0.717, 1.165) is 36.5 Å². The number of ether oxygens (including phenoxy) is 1. The van der Waals surface area contributed by atoms with Crippen LogP contribution < -0.4 is 4.74 Å². The van der Waals surface area contributed by atoms with Gasteiger partial charge in [0.05, 0.1) is 7.11 Å². The SMILES string of the molecule is COc1ccccc1CN1CCC(=O)N(Cc2cccc(F)c2)CC1. The molecule has 132 valence electrons. The molecule has 1 heterocycles. The predicted molar refractivity (Wildman–Crippen MR) is 94.7 cm³/mol. The Balaban J connectivity index is 1.63. The average Bonchev–Trinajstić information content (AvgIpc) is 2.78. The fraction of sp³-hybridized carbons (Fsp3) is 0.350. The van der Waals surface area contributed by atoms with Crippen molar-refractivity contribution in [1.82, 2.24) is 9.80 Å². The number of benzene rings is 2. The molecule has 0 aliphatic carbocycles. The predicted octanol–water partition coefficient (Wildman–Crippen LogP) is 3.07. The van der Waals surface area contributed by atoms with Crippen LogP contribution in [0.2, 0.25) is 0 Å². The van der Waals surface area contributed by atoms with Crippen LogP contribution in [0.3, 0.4) is 0 Å². The number of hydrogen-bond acceptors (Lipinski definition) is 3. The first-order valence-electron chi connectivity index (χ1n) is 8.52. The van der Waals surface area contributed by atoms with E-state index in [0.29, 0.717) is 19.5 Å². The van der Waals surface area contributed by atoms with Crippen molar-refractivity contribution < 1.29 is 13.9 Å². The quantitative estimate of drug-likeness (QED) is 0.837. The molecule has 1 saturated heterocycles. The molecule has 1 amide bonds. The van der Waals surface area contributed by atoms with Gasteiger partial charge in [0.15, 0.2) is 0 Å². The van der Waals surface area contributed by atoms with E-state index in [4.69, 9.17) is 4.74 Å². The van der Waals surface area contributed by atoms with Crippen molar-refractivity contribution in [2.45, 2.75) is 19.5 Å². The average molecular weight is 342 g/mol. The van der Waals surface area contributed by atoms with Crippen molar-refractivity contribution in [3.8, 4) is 5.75 Å². The summed E-state index contributed by atoms with van der Waals surface area (Å²) in [5, 5.41) is 0. The number of carbonyl (C=O) groups excluding carboxylic acids is 1. The number of amides is 1. The molecule has 1 aliphatic rings. The third-order valence-electron chi connectivity index (χ3n) is 4.53. The fourth-order valence-corrected chi connectivity index (χ4v) is 3.17. The molecule has 2 aromatic carbocycles. The van der Waals surface area contributed by atoms with Gasteiger partial charge in [-0.1, -0.05) is 30.3 Å². The van der Waals surface area contributed by atoms with Gasteiger partial charge in [-0.2, -0.15) is 0 Å². The monoisotopic (exact) mass is 342 g/mol. The van der Waals surface area contributed by atoms with E-state index in [1.165, 1.54) is 12.1 Å². The lowest BCUT2D eigenvalue weighted by Gasteiger charge is -2.23. The van der Waals surface area contributed by atoms with Gasteiger partial charge in [0, 0.05) is 44.7 Å². The van der Waals surface area contributed by atoms with Crippen molar-refractivity contribution in [3.63, 3.8) is 0 Å². The molecule has 2 aromatic rings. The van der Waals surface area contributed by atoms with Crippen LogP contribution in [0.4, 0.5) is 4.39 Å². The standard InChI is InChI=1S/C20H23FN2O2/c1-25-19-8-3-2-6-17(19)15-22-10-9-20(24)23(12-11-22)14-16-5-4-7-18(21)13-16/h2-8,13H,9-12,14-15H2,1H3. The number of nitrogens with zero attached hydrogens (tertiary/aromatic N) is 2. The van der Waals surface area contributed by atoms with Gasteiger partial charge in [-0.25, -0.2) is 4.39 Å². The first-order chi connectivity index (χ1) is 12.2. The topological polar surface area (TPSA) is 32.8 Å². The van der Waals surface area contributed by atoms with Gasteiger partial charge >= 0.3 is 0 Å². The van der Waals surface area contributed by atoms with Crippen LogP contribution in [-0.4, -0.2) is 42.5 Å². The molecule has 0 N–H and O–H groups in total. The van der Waals surface area contributed by atoms with Gasteiger partial charge < -0.3 is 9.64 Å². The Morgan fingerprint density at radius 3 is 2.68 bits per heavy atom. The van der Waals surface area contributed by atoms with Crippen molar-refractivity contribution in [2.24, 2.45) is 0 Å². The summed E-state index contributed by atoms with van der Waals surface area (Å²) in [4.78, 5) is 16.5. The molecule has 1 fully saturated rings. The Hall–Kier alpha value is -2.40. The normalized spacial score (nSPS) is 15.9. The number of halogens is 1. The minimum Gasteiger partial charge on any atom is -0.496 e. The van der Waals surface area contributed by atoms with E-state index in [1.807, 2.05) is 29.2 Å². The zero-order valence-electron chi connectivity index (χ0n) is 14.5. The maximum atomic E-state index is 13.4. The minimum absolute atomic E-state index is 0.117. The second-order valence-electron chi connectivity index (χ2n) is 6.28. The lowest BCUT2D eigenvalue weighted by Crippen LogP contribution is -2.32. The largest absolute Gasteiger partial charge is 0.496 e. The lowest BCUT2D eigenvalue weighted by molar-refractivity contribution is -0.130. The highest BCUT2D eigenvalue weighted by atomic mass is 19.1. The summed E-state index contributed by atoms with van der Waals surface area (Å²) >= 11 is 0. The van der Waals surface area contributed by atoms with Crippen LogP contribution in [0, 0.1) is 5.82 Å². The molecule has 0 aromatic heterocycles. The molecule has 1 aliphatic heterocycles. The van der Waals surface area contributed by atoms with Crippen LogP contribution in [0.5, 0.6) is 5.75 Å². The summed E-state index contributed by atoms with van der Waals surface area (Å²) in [5.74, 6) is 0.721. The Morgan fingerprint density at radius 2 is 1.88 bits per heavy atom. The molecule has 25 heavy (non-hydrogen) atoms. The first kappa shape index (κ1) is 17.4. The van der Waals surface area contributed by atoms with Gasteiger partial charge in [-0.05, 0) is 23.8 Å². The second kappa shape index (κ2) is 8.12. The number of carbonyl (C=O) groups is 1. The van der Waals surface area contributed by atoms with Gasteiger partial charge in [0.1, 0.15) is 11.6 Å². The summed E-state index contributed by atoms with van der Waals surface area (Å²) < 4.78 is 18.8. The van der Waals surface area contributed by atoms with Gasteiger partial charge in [0.25, 0.3) is 0 Å². The zero-order chi connectivity index (χ0) is 17.6. The number of hydrogen-bond donors (Lipinski definition) is 0. The maximum absolute atomic E-state index is 13.4. The maximum Gasteiger partial charge on any atom is 0.224 e. The molecule has 0 spiro atoms. The molecule has 0 saturated carbocycles. The van der Waals surface area contributed by atoms with E-state index < -0.39 is 0 Å². The Labute approximate surface area is 147 Å². The van der Waals surface area contributed by atoms with Crippen LogP contribution in [0.1, 0.15) is 17.5 Å². The summed E-state index contributed by atoms with van der Waals surface area (Å²) in [6.07, 6.45) is 0.477. The molecule has 0 bridgehead atoms. The van der Waals surface area contributed by atoms with Crippen LogP contribution >= 0.6 is 0 Å². The van der Waals surface area contributed by atoms with Crippen molar-refractivity contribution >= 4 is 5.91 Å². The Kier molecular flexibility index (Phi) is 5.66. The second-order valence-corrected chi connectivity index (χ2v) is 6.28. The van der Waals surface area contributed by atoms with E-state index in [9.17, 15) is 9.18 Å². The summed E-state index contributed by atoms with van der Waals surface area (Å²) in [6, 6.07) is 14.4. The van der Waals surface area contributed by atoms with Crippen LogP contribution in [0.25, 0.3) is 0 Å². The van der Waals surface area contributed by atoms with Crippen molar-refractivity contribution in [2.75, 3.05) is 26.7 Å². The third-order valence-corrected chi connectivity index (χ3v) is 4.53. The van der Waals surface area contributed by atoms with E-state index in [2.05, 4.69) is 11.0 Å². The van der Waals surface area contributed by atoms with E-state index in [1.54, 1.807) is 13.2 Å². The molecule has 3 rings (SSSR count). The van der Waals surface area contributed by atoms with Gasteiger partial charge in [0.2, 0.25) is 5.91 Å². The number of rotatable bonds is 5. The minimum atomic E-state index is -0.266. The molecule has 0 radical (unpaired) electrons. The highest BCUT2D eigenvalue weighted by molar-refractivity contribution is 5.76. The summed E-state index contributed by atoms with van der Waals surface area (Å²) in [6.45, 7) is 3.37. The molecular formula is C20H23FN2O2. The molecule has 0 atom stereocenters. The first-order valence-corrected chi connectivity index (χ1v) is 8.52. The van der Waals surface area contributed by atoms with Crippen molar-refractivity contribution in [3.05, 3.63) is 65.5 Å². The lowest BCUT2D eigenvalue weighted by atomic mass is 10.2. The number of para-hydroxylation sites is 1. The van der Waals surface area contributed by atoms with E-state index in [-0.39, 0.29) is 11.7 Å². The molecule has 0 unspecified atom stereocenters. The number of methoxy groups -OCH3 is 1. The van der Waals surface area contributed by atoms with Crippen molar-refractivity contribution in [1.29, 1.82) is 0 Å². The van der Waals surface area contributed by atoms with Crippen LogP contribution in [-0.2, 0) is 17.9 Å². The third kappa shape index (κ3) is 4.57. The molecule has 5 heteroatoms. The highest BCUT2D eigenvalue weighted by Crippen LogP contribution is 2.20. The van der Waals surface area contributed by atoms with Gasteiger partial charge in [-0.3, -0.25) is 9.69 Å². The summed E-state index contributed by atoms with van der Waals surface area (Å²) in [7, 11) is 1.67.